The highest BCUT2D eigenvalue weighted by atomic mass is 16.6. The van der Waals surface area contributed by atoms with Crippen molar-refractivity contribution in [3.05, 3.63) is 0 Å². The predicted octanol–water partition coefficient (Wildman–Crippen LogP) is 6.25. The highest BCUT2D eigenvalue weighted by Gasteiger charge is 2.34. The van der Waals surface area contributed by atoms with Crippen LogP contribution in [0.5, 0.6) is 0 Å². The summed E-state index contributed by atoms with van der Waals surface area (Å²) in [6.45, 7) is 2.08. The van der Waals surface area contributed by atoms with E-state index in [4.69, 9.17) is 9.47 Å². The van der Waals surface area contributed by atoms with Crippen molar-refractivity contribution in [2.45, 2.75) is 134 Å². The zero-order valence-electron chi connectivity index (χ0n) is 17.4. The van der Waals surface area contributed by atoms with Gasteiger partial charge in [-0.3, -0.25) is 9.59 Å². The number of esters is 2. The highest BCUT2D eigenvalue weighted by Crippen LogP contribution is 2.31. The van der Waals surface area contributed by atoms with Gasteiger partial charge in [0.25, 0.3) is 0 Å². The lowest BCUT2D eigenvalue weighted by Crippen LogP contribution is -2.23. The molecular formula is C23H40O4. The topological polar surface area (TPSA) is 52.6 Å². The summed E-state index contributed by atoms with van der Waals surface area (Å²) in [4.78, 5) is 22.5. The zero-order chi connectivity index (χ0) is 19.4. The Morgan fingerprint density at radius 3 is 1.96 bits per heavy atom. The van der Waals surface area contributed by atoms with Gasteiger partial charge >= 0.3 is 11.9 Å². The molecule has 2 aliphatic heterocycles. The second kappa shape index (κ2) is 12.4. The van der Waals surface area contributed by atoms with E-state index >= 15 is 0 Å². The van der Waals surface area contributed by atoms with Gasteiger partial charge in [0, 0.05) is 12.8 Å². The molecule has 2 unspecified atom stereocenters. The predicted molar refractivity (Wildman–Crippen MR) is 107 cm³/mol. The largest absolute Gasteiger partial charge is 0.462 e. The number of ether oxygens (including phenoxy) is 2. The van der Waals surface area contributed by atoms with E-state index in [1.54, 1.807) is 0 Å². The fraction of sp³-hybridized carbons (Fsp3) is 0.913. The molecule has 0 bridgehead atoms. The Morgan fingerprint density at radius 2 is 1.41 bits per heavy atom. The molecule has 0 aromatic carbocycles. The minimum absolute atomic E-state index is 0.00224. The summed E-state index contributed by atoms with van der Waals surface area (Å²) in [5, 5.41) is 0. The summed E-state index contributed by atoms with van der Waals surface area (Å²) in [6, 6.07) is 0. The van der Waals surface area contributed by atoms with Crippen molar-refractivity contribution in [1.82, 2.24) is 0 Å². The maximum Gasteiger partial charge on any atom is 0.306 e. The van der Waals surface area contributed by atoms with E-state index in [1.807, 2.05) is 0 Å². The van der Waals surface area contributed by atoms with E-state index in [0.29, 0.717) is 12.8 Å². The second-order valence-electron chi connectivity index (χ2n) is 8.86. The number of carbonyl (C=O) groups excluding carboxylic acids is 2. The molecule has 27 heavy (non-hydrogen) atoms. The van der Waals surface area contributed by atoms with Crippen molar-refractivity contribution in [3.63, 3.8) is 0 Å². The second-order valence-corrected chi connectivity index (χ2v) is 8.86. The van der Waals surface area contributed by atoms with Gasteiger partial charge in [0.05, 0.1) is 0 Å². The molecule has 2 saturated heterocycles. The van der Waals surface area contributed by atoms with Gasteiger partial charge in [-0.2, -0.15) is 0 Å². The molecule has 0 radical (unpaired) electrons. The quantitative estimate of drug-likeness (QED) is 0.264. The summed E-state index contributed by atoms with van der Waals surface area (Å²) >= 11 is 0. The molecule has 2 heterocycles. The average molecular weight is 381 g/mol. The van der Waals surface area contributed by atoms with E-state index in [-0.39, 0.29) is 23.6 Å². The van der Waals surface area contributed by atoms with Gasteiger partial charge in [-0.1, -0.05) is 57.8 Å². The van der Waals surface area contributed by atoms with Crippen LogP contribution in [-0.4, -0.2) is 23.6 Å². The fourth-order valence-electron chi connectivity index (χ4n) is 4.36. The van der Waals surface area contributed by atoms with Gasteiger partial charge < -0.3 is 9.47 Å². The number of cyclic esters (lactones) is 2. The molecule has 2 rings (SSSR count). The summed E-state index contributed by atoms with van der Waals surface area (Å²) in [6.07, 6.45) is 20.8. The van der Waals surface area contributed by atoms with Crippen molar-refractivity contribution in [2.75, 3.05) is 0 Å². The molecular weight excluding hydrogens is 340 g/mol. The Morgan fingerprint density at radius 1 is 0.815 bits per heavy atom. The zero-order valence-corrected chi connectivity index (χ0v) is 17.4. The van der Waals surface area contributed by atoms with Crippen molar-refractivity contribution < 1.29 is 19.1 Å². The van der Waals surface area contributed by atoms with Gasteiger partial charge in [-0.25, -0.2) is 0 Å². The van der Waals surface area contributed by atoms with Crippen LogP contribution in [0, 0.1) is 0 Å². The molecule has 2 aliphatic rings. The van der Waals surface area contributed by atoms with Crippen molar-refractivity contribution >= 4 is 11.9 Å². The Hall–Kier alpha value is -1.06. The lowest BCUT2D eigenvalue weighted by Gasteiger charge is -2.22. The normalized spacial score (nSPS) is 25.4. The lowest BCUT2D eigenvalue weighted by molar-refractivity contribution is -0.154. The van der Waals surface area contributed by atoms with Crippen LogP contribution >= 0.6 is 0 Å². The first-order valence-electron chi connectivity index (χ1n) is 11.5. The Kier molecular flexibility index (Phi) is 10.2. The van der Waals surface area contributed by atoms with E-state index in [1.165, 1.54) is 70.6 Å². The van der Waals surface area contributed by atoms with E-state index in [0.717, 1.165) is 32.1 Å². The van der Waals surface area contributed by atoms with Crippen LogP contribution in [0.2, 0.25) is 0 Å². The maximum atomic E-state index is 11.2. The van der Waals surface area contributed by atoms with Crippen LogP contribution in [0.3, 0.4) is 0 Å². The van der Waals surface area contributed by atoms with Crippen molar-refractivity contribution in [2.24, 2.45) is 0 Å². The SMILES string of the molecule is CC1(CCCCCCCCCCCCCC2CCCC(=O)O2)CCC(=O)O1. The van der Waals surface area contributed by atoms with Crippen LogP contribution in [-0.2, 0) is 19.1 Å². The molecule has 0 aliphatic carbocycles. The number of rotatable bonds is 14. The highest BCUT2D eigenvalue weighted by molar-refractivity contribution is 5.72. The molecule has 156 valence electrons. The first kappa shape index (κ1) is 22.2. The summed E-state index contributed by atoms with van der Waals surface area (Å²) in [5.74, 6) is -0.0163. The third-order valence-electron chi connectivity index (χ3n) is 6.16. The number of hydrogen-bond acceptors (Lipinski definition) is 4. The van der Waals surface area contributed by atoms with Gasteiger partial charge in [0.1, 0.15) is 11.7 Å². The van der Waals surface area contributed by atoms with Gasteiger partial charge in [-0.05, 0) is 51.9 Å². The summed E-state index contributed by atoms with van der Waals surface area (Å²) < 4.78 is 10.8. The van der Waals surface area contributed by atoms with E-state index in [2.05, 4.69) is 6.92 Å². The maximum absolute atomic E-state index is 11.2. The summed E-state index contributed by atoms with van der Waals surface area (Å²) in [7, 11) is 0. The molecule has 0 spiro atoms. The van der Waals surface area contributed by atoms with Crippen LogP contribution in [0.25, 0.3) is 0 Å². The van der Waals surface area contributed by atoms with Gasteiger partial charge in [0.2, 0.25) is 0 Å². The Balaban J connectivity index is 1.29. The molecule has 0 aromatic rings. The molecule has 0 N–H and O–H groups in total. The molecule has 2 fully saturated rings. The third-order valence-corrected chi connectivity index (χ3v) is 6.16. The Bertz CT molecular complexity index is 448. The minimum atomic E-state index is -0.171. The monoisotopic (exact) mass is 380 g/mol. The number of hydrogen-bond donors (Lipinski definition) is 0. The standard InChI is InChI=1S/C23H40O4/c1-23(19-17-22(25)27-23)18-12-10-8-6-4-2-3-5-7-9-11-14-20-15-13-16-21(24)26-20/h20H,2-19H2,1H3. The van der Waals surface area contributed by atoms with Crippen LogP contribution < -0.4 is 0 Å². The van der Waals surface area contributed by atoms with Crippen LogP contribution in [0.4, 0.5) is 0 Å². The third kappa shape index (κ3) is 9.62. The molecule has 0 amide bonds. The number of unbranched alkanes of at least 4 members (excludes halogenated alkanes) is 10. The molecule has 0 saturated carbocycles. The molecule has 4 nitrogen and oxygen atoms in total. The van der Waals surface area contributed by atoms with Crippen LogP contribution in [0.15, 0.2) is 0 Å². The first-order valence-corrected chi connectivity index (χ1v) is 11.5. The number of carbonyl (C=O) groups is 2. The van der Waals surface area contributed by atoms with E-state index in [9.17, 15) is 9.59 Å². The smallest absolute Gasteiger partial charge is 0.306 e. The first-order chi connectivity index (χ1) is 13.1. The van der Waals surface area contributed by atoms with Crippen molar-refractivity contribution in [1.29, 1.82) is 0 Å². The van der Waals surface area contributed by atoms with Gasteiger partial charge in [-0.15, -0.1) is 0 Å². The lowest BCUT2D eigenvalue weighted by atomic mass is 9.94. The van der Waals surface area contributed by atoms with Gasteiger partial charge in [0.15, 0.2) is 0 Å². The van der Waals surface area contributed by atoms with Crippen molar-refractivity contribution in [3.8, 4) is 0 Å². The molecule has 0 aromatic heterocycles. The fourth-order valence-corrected chi connectivity index (χ4v) is 4.36. The summed E-state index contributed by atoms with van der Waals surface area (Å²) in [5.41, 5.74) is -0.171. The Labute approximate surface area is 165 Å². The molecule has 2 atom stereocenters. The minimum Gasteiger partial charge on any atom is -0.462 e. The average Bonchev–Trinajstić information content (AvgIpc) is 2.98. The van der Waals surface area contributed by atoms with E-state index < -0.39 is 0 Å². The molecule has 4 heteroatoms. The van der Waals surface area contributed by atoms with Crippen LogP contribution in [0.1, 0.15) is 122 Å².